The number of para-hydroxylation sites is 1. The summed E-state index contributed by atoms with van der Waals surface area (Å²) in [6.07, 6.45) is 0. The van der Waals surface area contributed by atoms with Crippen LogP contribution >= 0.6 is 0 Å². The molecule has 1 aromatic rings. The molecule has 0 amide bonds. The number of hydrogen-bond donors (Lipinski definition) is 1. The van der Waals surface area contributed by atoms with Crippen LogP contribution in [-0.4, -0.2) is 12.5 Å². The third-order valence-electron chi connectivity index (χ3n) is 1.83. The summed E-state index contributed by atoms with van der Waals surface area (Å²) in [4.78, 5) is 10.4. The van der Waals surface area contributed by atoms with Crippen molar-refractivity contribution in [2.24, 2.45) is 0 Å². The summed E-state index contributed by atoms with van der Waals surface area (Å²) in [5.74, 6) is 1.92. The Morgan fingerprint density at radius 3 is 3.00 bits per heavy atom. The molecule has 2 nitrogen and oxygen atoms in total. The van der Waals surface area contributed by atoms with E-state index in [-0.39, 0.29) is 0 Å². The smallest absolute Gasteiger partial charge is 0.130 e. The standard InChI is InChI=1S/C9H7NO/c11-6-7-5-10-9-4-2-1-3-8(7)9/h1-4,10H,5H2. The van der Waals surface area contributed by atoms with Gasteiger partial charge in [0.1, 0.15) is 5.94 Å². The van der Waals surface area contributed by atoms with Gasteiger partial charge in [-0.1, -0.05) is 18.2 Å². The van der Waals surface area contributed by atoms with Gasteiger partial charge in [0.25, 0.3) is 0 Å². The van der Waals surface area contributed by atoms with Gasteiger partial charge in [0.15, 0.2) is 0 Å². The Morgan fingerprint density at radius 2 is 2.18 bits per heavy atom. The normalized spacial score (nSPS) is 13.6. The summed E-state index contributed by atoms with van der Waals surface area (Å²) in [7, 11) is 0. The van der Waals surface area contributed by atoms with Crippen LogP contribution in [0.15, 0.2) is 24.3 Å². The predicted molar refractivity (Wildman–Crippen MR) is 44.0 cm³/mol. The second kappa shape index (κ2) is 2.26. The largest absolute Gasteiger partial charge is 0.380 e. The molecular formula is C9H7NO. The fourth-order valence-corrected chi connectivity index (χ4v) is 1.27. The Bertz CT molecular complexity index is 337. The number of anilines is 1. The minimum Gasteiger partial charge on any atom is -0.380 e. The van der Waals surface area contributed by atoms with Gasteiger partial charge in [0, 0.05) is 11.3 Å². The molecule has 1 aromatic carbocycles. The van der Waals surface area contributed by atoms with Crippen molar-refractivity contribution in [3.8, 4) is 0 Å². The Labute approximate surface area is 64.5 Å². The van der Waals surface area contributed by atoms with Crippen molar-refractivity contribution in [3.05, 3.63) is 29.8 Å². The minimum absolute atomic E-state index is 0.614. The van der Waals surface area contributed by atoms with E-state index >= 15 is 0 Å². The molecule has 0 saturated carbocycles. The lowest BCUT2D eigenvalue weighted by atomic mass is 10.1. The molecule has 2 rings (SSSR count). The maximum Gasteiger partial charge on any atom is 0.130 e. The van der Waals surface area contributed by atoms with Crippen molar-refractivity contribution < 1.29 is 4.79 Å². The highest BCUT2D eigenvalue weighted by molar-refractivity contribution is 5.97. The lowest BCUT2D eigenvalue weighted by Gasteiger charge is -1.94. The van der Waals surface area contributed by atoms with Crippen LogP contribution in [0.1, 0.15) is 5.56 Å². The highest BCUT2D eigenvalue weighted by Gasteiger charge is 2.14. The molecule has 0 spiro atoms. The first-order valence-electron chi connectivity index (χ1n) is 3.49. The molecule has 0 fully saturated rings. The van der Waals surface area contributed by atoms with Gasteiger partial charge in [-0.3, -0.25) is 0 Å². The number of hydrogen-bond acceptors (Lipinski definition) is 2. The highest BCUT2D eigenvalue weighted by atomic mass is 16.1. The maximum absolute atomic E-state index is 10.4. The average molecular weight is 145 g/mol. The summed E-state index contributed by atoms with van der Waals surface area (Å²) in [6.45, 7) is 0.614. The molecule has 0 aromatic heterocycles. The fraction of sp³-hybridized carbons (Fsp3) is 0.111. The van der Waals surface area contributed by atoms with Crippen LogP contribution in [0.25, 0.3) is 5.57 Å². The predicted octanol–water partition coefficient (Wildman–Crippen LogP) is 1.33. The van der Waals surface area contributed by atoms with Crippen molar-refractivity contribution in [1.29, 1.82) is 0 Å². The van der Waals surface area contributed by atoms with Crippen molar-refractivity contribution in [1.82, 2.24) is 0 Å². The molecule has 0 aliphatic carbocycles. The highest BCUT2D eigenvalue weighted by Crippen LogP contribution is 2.27. The van der Waals surface area contributed by atoms with E-state index in [4.69, 9.17) is 0 Å². The van der Waals surface area contributed by atoms with Crippen LogP contribution in [0, 0.1) is 0 Å². The van der Waals surface area contributed by atoms with E-state index in [9.17, 15) is 4.79 Å². The molecule has 11 heavy (non-hydrogen) atoms. The Hall–Kier alpha value is -1.53. The van der Waals surface area contributed by atoms with E-state index in [1.54, 1.807) is 0 Å². The third-order valence-corrected chi connectivity index (χ3v) is 1.83. The molecule has 2 heteroatoms. The molecular weight excluding hydrogens is 138 g/mol. The van der Waals surface area contributed by atoms with E-state index in [0.29, 0.717) is 6.54 Å². The zero-order valence-corrected chi connectivity index (χ0v) is 5.92. The zero-order valence-electron chi connectivity index (χ0n) is 5.92. The van der Waals surface area contributed by atoms with Crippen LogP contribution in [-0.2, 0) is 4.79 Å². The molecule has 0 unspecified atom stereocenters. The lowest BCUT2D eigenvalue weighted by Crippen LogP contribution is -1.90. The Morgan fingerprint density at radius 1 is 1.36 bits per heavy atom. The number of rotatable bonds is 0. The minimum atomic E-state index is 0.614. The Balaban J connectivity index is 2.64. The van der Waals surface area contributed by atoms with Crippen molar-refractivity contribution in [3.63, 3.8) is 0 Å². The Kier molecular flexibility index (Phi) is 1.27. The first-order valence-corrected chi connectivity index (χ1v) is 3.49. The number of benzene rings is 1. The quantitative estimate of drug-likeness (QED) is 0.558. The molecule has 54 valence electrons. The summed E-state index contributed by atoms with van der Waals surface area (Å²) in [6, 6.07) is 7.75. The van der Waals surface area contributed by atoms with E-state index in [0.717, 1.165) is 16.8 Å². The van der Waals surface area contributed by atoms with Crippen LogP contribution in [0.5, 0.6) is 0 Å². The summed E-state index contributed by atoms with van der Waals surface area (Å²) < 4.78 is 0. The van der Waals surface area contributed by atoms with E-state index in [2.05, 4.69) is 5.32 Å². The molecule has 0 radical (unpaired) electrons. The van der Waals surface area contributed by atoms with E-state index < -0.39 is 0 Å². The topological polar surface area (TPSA) is 29.1 Å². The van der Waals surface area contributed by atoms with E-state index in [1.165, 1.54) is 0 Å². The molecule has 1 aliphatic heterocycles. The maximum atomic E-state index is 10.4. The van der Waals surface area contributed by atoms with Crippen molar-refractivity contribution in [2.75, 3.05) is 11.9 Å². The zero-order chi connectivity index (χ0) is 7.68. The number of nitrogens with one attached hydrogen (secondary N) is 1. The first-order chi connectivity index (χ1) is 5.42. The van der Waals surface area contributed by atoms with Crippen molar-refractivity contribution in [2.45, 2.75) is 0 Å². The SMILES string of the molecule is O=C=C1CNc2ccccc21. The molecule has 1 heterocycles. The first kappa shape index (κ1) is 6.20. The van der Waals surface area contributed by atoms with Crippen molar-refractivity contribution >= 4 is 17.2 Å². The monoisotopic (exact) mass is 145 g/mol. The van der Waals surface area contributed by atoms with Crippen LogP contribution in [0.3, 0.4) is 0 Å². The van der Waals surface area contributed by atoms with Crippen LogP contribution < -0.4 is 5.32 Å². The average Bonchev–Trinajstić information content (AvgIpc) is 2.47. The second-order valence-corrected chi connectivity index (χ2v) is 2.48. The summed E-state index contributed by atoms with van der Waals surface area (Å²) >= 11 is 0. The van der Waals surface area contributed by atoms with Gasteiger partial charge in [0.2, 0.25) is 0 Å². The van der Waals surface area contributed by atoms with Gasteiger partial charge < -0.3 is 5.32 Å². The van der Waals surface area contributed by atoms with Gasteiger partial charge in [-0.15, -0.1) is 0 Å². The number of fused-ring (bicyclic) bond motifs is 1. The van der Waals surface area contributed by atoms with Gasteiger partial charge in [-0.2, -0.15) is 0 Å². The van der Waals surface area contributed by atoms with E-state index in [1.807, 2.05) is 30.2 Å². The molecule has 1 N–H and O–H groups in total. The second-order valence-electron chi connectivity index (χ2n) is 2.48. The summed E-state index contributed by atoms with van der Waals surface area (Å²) in [5.41, 5.74) is 2.74. The van der Waals surface area contributed by atoms with Gasteiger partial charge in [-0.25, -0.2) is 4.79 Å². The molecule has 0 bridgehead atoms. The lowest BCUT2D eigenvalue weighted by molar-refractivity contribution is 0.569. The fourth-order valence-electron chi connectivity index (χ4n) is 1.27. The van der Waals surface area contributed by atoms with Crippen LogP contribution in [0.4, 0.5) is 5.69 Å². The van der Waals surface area contributed by atoms with Gasteiger partial charge in [0.05, 0.1) is 12.1 Å². The molecule has 0 saturated heterocycles. The summed E-state index contributed by atoms with van der Waals surface area (Å²) in [5, 5.41) is 3.10. The molecule has 0 atom stereocenters. The van der Waals surface area contributed by atoms with Gasteiger partial charge in [-0.05, 0) is 6.07 Å². The van der Waals surface area contributed by atoms with Crippen LogP contribution in [0.2, 0.25) is 0 Å². The third kappa shape index (κ3) is 0.846. The molecule has 1 aliphatic rings. The number of carbonyl (C=O) groups excluding carboxylic acids is 1. The van der Waals surface area contributed by atoms with Gasteiger partial charge >= 0.3 is 0 Å².